The van der Waals surface area contributed by atoms with Gasteiger partial charge in [-0.2, -0.15) is 0 Å². The fraction of sp³-hybridized carbons (Fsp3) is 0.857. The molecule has 0 saturated heterocycles. The van der Waals surface area contributed by atoms with Crippen LogP contribution in [-0.2, 0) is 0 Å². The van der Waals surface area contributed by atoms with Gasteiger partial charge in [0.25, 0.3) is 0 Å². The first-order chi connectivity index (χ1) is 3.13. The van der Waals surface area contributed by atoms with Crippen LogP contribution >= 0.6 is 0 Å². The van der Waals surface area contributed by atoms with Crippen LogP contribution in [0.4, 0.5) is 0 Å². The number of rotatable bonds is 2. The van der Waals surface area contributed by atoms with Crippen LogP contribution < -0.4 is 0 Å². The van der Waals surface area contributed by atoms with E-state index < -0.39 is 0 Å². The van der Waals surface area contributed by atoms with Crippen molar-refractivity contribution in [2.45, 2.75) is 27.2 Å². The fourth-order valence-electron chi connectivity index (χ4n) is 0.805. The van der Waals surface area contributed by atoms with Gasteiger partial charge in [0.1, 0.15) is 0 Å². The van der Waals surface area contributed by atoms with Crippen molar-refractivity contribution < 1.29 is 0 Å². The maximum Gasteiger partial charge on any atom is -0.0440 e. The second-order valence-electron chi connectivity index (χ2n) is 2.73. The molecule has 0 aliphatic carbocycles. The molecule has 0 saturated carbocycles. The monoisotopic (exact) mass is 99.1 g/mol. The zero-order chi connectivity index (χ0) is 5.86. The summed E-state index contributed by atoms with van der Waals surface area (Å²) in [5.41, 5.74) is 0. The van der Waals surface area contributed by atoms with E-state index in [1.54, 1.807) is 0 Å². The summed E-state index contributed by atoms with van der Waals surface area (Å²) in [7, 11) is 0. The van der Waals surface area contributed by atoms with Crippen LogP contribution in [0.2, 0.25) is 0 Å². The summed E-state index contributed by atoms with van der Waals surface area (Å²) in [4.78, 5) is 0. The highest BCUT2D eigenvalue weighted by Crippen LogP contribution is 2.07. The molecule has 7 heavy (non-hydrogen) atoms. The molecule has 0 nitrogen and oxygen atoms in total. The summed E-state index contributed by atoms with van der Waals surface area (Å²) in [6.45, 7) is 10.5. The lowest BCUT2D eigenvalue weighted by Crippen LogP contribution is -1.93. The van der Waals surface area contributed by atoms with E-state index in [1.807, 2.05) is 0 Å². The highest BCUT2D eigenvalue weighted by Gasteiger charge is 1.95. The predicted octanol–water partition coefficient (Wildman–Crippen LogP) is 2.50. The molecule has 1 radical (unpaired) electrons. The van der Waals surface area contributed by atoms with Crippen molar-refractivity contribution in [2.75, 3.05) is 0 Å². The van der Waals surface area contributed by atoms with Gasteiger partial charge in [0.15, 0.2) is 0 Å². The van der Waals surface area contributed by atoms with Crippen LogP contribution in [0.25, 0.3) is 0 Å². The second-order valence-corrected chi connectivity index (χ2v) is 2.73. The molecule has 0 aromatic heterocycles. The normalized spacial score (nSPS) is 11.1. The van der Waals surface area contributed by atoms with Gasteiger partial charge in [0.2, 0.25) is 0 Å². The van der Waals surface area contributed by atoms with Gasteiger partial charge < -0.3 is 0 Å². The van der Waals surface area contributed by atoms with Crippen molar-refractivity contribution in [1.82, 2.24) is 0 Å². The molecule has 0 aliphatic heterocycles. The summed E-state index contributed by atoms with van der Waals surface area (Å²) in [5.74, 6) is 1.44. The highest BCUT2D eigenvalue weighted by molar-refractivity contribution is 4.55. The molecule has 0 rings (SSSR count). The highest BCUT2D eigenvalue weighted by atomic mass is 14.0. The Bertz CT molecular complexity index is 29.3. The third-order valence-corrected chi connectivity index (χ3v) is 0.874. The summed E-state index contributed by atoms with van der Waals surface area (Å²) in [6, 6.07) is 0. The molecule has 43 valence electrons. The van der Waals surface area contributed by atoms with E-state index in [9.17, 15) is 0 Å². The molecule has 0 spiro atoms. The van der Waals surface area contributed by atoms with Gasteiger partial charge in [-0.05, 0) is 18.3 Å². The third-order valence-electron chi connectivity index (χ3n) is 0.874. The maximum absolute atomic E-state index is 3.88. The number of hydrogen-bond donors (Lipinski definition) is 0. The molecule has 0 amide bonds. The minimum Gasteiger partial charge on any atom is -0.0628 e. The summed E-state index contributed by atoms with van der Waals surface area (Å²) in [6.07, 6.45) is 1.25. The van der Waals surface area contributed by atoms with E-state index >= 15 is 0 Å². The van der Waals surface area contributed by atoms with Gasteiger partial charge in [-0.1, -0.05) is 27.7 Å². The lowest BCUT2D eigenvalue weighted by molar-refractivity contribution is 0.501. The Morgan fingerprint density at radius 1 is 1.29 bits per heavy atom. The van der Waals surface area contributed by atoms with Crippen molar-refractivity contribution in [3.8, 4) is 0 Å². The van der Waals surface area contributed by atoms with E-state index in [0.717, 1.165) is 5.92 Å². The van der Waals surface area contributed by atoms with Gasteiger partial charge in [0.05, 0.1) is 0 Å². The molecule has 0 fully saturated rings. The van der Waals surface area contributed by atoms with Crippen LogP contribution in [0.5, 0.6) is 0 Å². The molecule has 0 bridgehead atoms. The van der Waals surface area contributed by atoms with E-state index in [1.165, 1.54) is 6.42 Å². The summed E-state index contributed by atoms with van der Waals surface area (Å²) >= 11 is 0. The van der Waals surface area contributed by atoms with Gasteiger partial charge in [-0.3, -0.25) is 0 Å². The summed E-state index contributed by atoms with van der Waals surface area (Å²) in [5, 5.41) is 0. The van der Waals surface area contributed by atoms with Gasteiger partial charge in [-0.25, -0.2) is 0 Å². The summed E-state index contributed by atoms with van der Waals surface area (Å²) < 4.78 is 0. The largest absolute Gasteiger partial charge is 0.0628 e. The zero-order valence-corrected chi connectivity index (χ0v) is 5.57. The molecule has 1 atom stereocenters. The average Bonchev–Trinajstić information content (AvgIpc) is 1.27. The minimum absolute atomic E-state index is 0.625. The molecule has 0 N–H and O–H groups in total. The second kappa shape index (κ2) is 3.06. The standard InChI is InChI=1S/C7H15/c1-6(2)5-7(3)4/h6-7H,1,5H2,2-4H3/t6-/m0/s1. The Hall–Kier alpha value is 0. The smallest absolute Gasteiger partial charge is 0.0440 e. The molecule has 0 aromatic carbocycles. The van der Waals surface area contributed by atoms with Crippen LogP contribution in [0.3, 0.4) is 0 Å². The Morgan fingerprint density at radius 3 is 1.71 bits per heavy atom. The van der Waals surface area contributed by atoms with E-state index in [-0.39, 0.29) is 0 Å². The first-order valence-corrected chi connectivity index (χ1v) is 2.96. The van der Waals surface area contributed by atoms with E-state index in [4.69, 9.17) is 0 Å². The third kappa shape index (κ3) is 6.00. The van der Waals surface area contributed by atoms with Crippen molar-refractivity contribution in [2.24, 2.45) is 11.8 Å². The molecule has 0 aliphatic rings. The van der Waals surface area contributed by atoms with Crippen LogP contribution in [0.15, 0.2) is 0 Å². The molecule has 0 aromatic rings. The molecular weight excluding hydrogens is 84.1 g/mol. The maximum atomic E-state index is 3.88. The van der Waals surface area contributed by atoms with Crippen LogP contribution in [0, 0.1) is 18.8 Å². The molecule has 0 heteroatoms. The lowest BCUT2D eigenvalue weighted by Gasteiger charge is -2.05. The van der Waals surface area contributed by atoms with Crippen LogP contribution in [0.1, 0.15) is 27.2 Å². The molecule has 0 heterocycles. The van der Waals surface area contributed by atoms with Crippen molar-refractivity contribution in [3.05, 3.63) is 6.92 Å². The Labute approximate surface area is 46.9 Å². The Morgan fingerprint density at radius 2 is 1.71 bits per heavy atom. The molecular formula is C7H15. The quantitative estimate of drug-likeness (QED) is 0.499. The lowest BCUT2D eigenvalue weighted by atomic mass is 10.0. The van der Waals surface area contributed by atoms with Crippen molar-refractivity contribution in [3.63, 3.8) is 0 Å². The van der Waals surface area contributed by atoms with Gasteiger partial charge in [0, 0.05) is 0 Å². The van der Waals surface area contributed by atoms with E-state index in [0.29, 0.717) is 5.92 Å². The number of hydrogen-bond acceptors (Lipinski definition) is 0. The van der Waals surface area contributed by atoms with E-state index in [2.05, 4.69) is 27.7 Å². The molecule has 0 unspecified atom stereocenters. The van der Waals surface area contributed by atoms with Crippen molar-refractivity contribution in [1.29, 1.82) is 0 Å². The topological polar surface area (TPSA) is 0 Å². The SMILES string of the molecule is [CH2][C@@H](C)CC(C)C. The van der Waals surface area contributed by atoms with Crippen molar-refractivity contribution >= 4 is 0 Å². The van der Waals surface area contributed by atoms with Gasteiger partial charge in [-0.15, -0.1) is 0 Å². The first-order valence-electron chi connectivity index (χ1n) is 2.96. The first kappa shape index (κ1) is 7.00. The Balaban J connectivity index is 2.95. The van der Waals surface area contributed by atoms with Gasteiger partial charge >= 0.3 is 0 Å². The predicted molar refractivity (Wildman–Crippen MR) is 34.0 cm³/mol. The minimum atomic E-state index is 0.625. The average molecular weight is 99.2 g/mol. The van der Waals surface area contributed by atoms with Crippen LogP contribution in [-0.4, -0.2) is 0 Å². The Kier molecular flexibility index (Phi) is 3.06. The zero-order valence-electron chi connectivity index (χ0n) is 5.57. The fourth-order valence-corrected chi connectivity index (χ4v) is 0.805.